The molecule has 0 bridgehead atoms. The fourth-order valence-corrected chi connectivity index (χ4v) is 2.97. The molecule has 4 heteroatoms. The van der Waals surface area contributed by atoms with Crippen LogP contribution in [0.15, 0.2) is 79.1 Å². The average molecular weight is 328 g/mol. The van der Waals surface area contributed by atoms with Crippen LogP contribution in [0.25, 0.3) is 16.8 Å². The van der Waals surface area contributed by atoms with Gasteiger partial charge in [0.1, 0.15) is 5.82 Å². The number of rotatable bonds is 5. The Morgan fingerprint density at radius 1 is 0.960 bits per heavy atom. The molecule has 0 aliphatic carbocycles. The highest BCUT2D eigenvalue weighted by Crippen LogP contribution is 2.24. The third-order valence-corrected chi connectivity index (χ3v) is 4.41. The largest absolute Gasteiger partial charge is 0.369 e. The van der Waals surface area contributed by atoms with E-state index < -0.39 is 0 Å². The van der Waals surface area contributed by atoms with Crippen molar-refractivity contribution in [3.05, 3.63) is 84.7 Å². The van der Waals surface area contributed by atoms with Crippen molar-refractivity contribution in [3.8, 4) is 11.3 Å². The van der Waals surface area contributed by atoms with Gasteiger partial charge < -0.3 is 5.32 Å². The van der Waals surface area contributed by atoms with Crippen molar-refractivity contribution >= 4 is 11.3 Å². The zero-order valence-corrected chi connectivity index (χ0v) is 14.1. The monoisotopic (exact) mass is 328 g/mol. The second-order valence-corrected chi connectivity index (χ2v) is 6.19. The Kier molecular flexibility index (Phi) is 4.17. The fraction of sp³-hybridized carbons (Fsp3) is 0.143. The number of nitrogens with one attached hydrogen (secondary N) is 1. The zero-order chi connectivity index (χ0) is 17.1. The van der Waals surface area contributed by atoms with Crippen molar-refractivity contribution in [1.29, 1.82) is 0 Å². The van der Waals surface area contributed by atoms with Crippen LogP contribution in [0.3, 0.4) is 0 Å². The molecule has 1 atom stereocenters. The van der Waals surface area contributed by atoms with Crippen molar-refractivity contribution in [1.82, 2.24) is 14.6 Å². The average Bonchev–Trinajstić information content (AvgIpc) is 3.11. The molecule has 1 N–H and O–H groups in total. The van der Waals surface area contributed by atoms with E-state index in [-0.39, 0.29) is 0 Å². The van der Waals surface area contributed by atoms with Crippen LogP contribution in [-0.4, -0.2) is 21.1 Å². The first-order valence-corrected chi connectivity index (χ1v) is 8.50. The van der Waals surface area contributed by atoms with E-state index in [1.165, 1.54) is 5.56 Å². The summed E-state index contributed by atoms with van der Waals surface area (Å²) in [6, 6.07) is 22.6. The van der Waals surface area contributed by atoms with E-state index in [4.69, 9.17) is 4.98 Å². The van der Waals surface area contributed by atoms with Crippen LogP contribution < -0.4 is 5.32 Å². The smallest absolute Gasteiger partial charge is 0.126 e. The van der Waals surface area contributed by atoms with E-state index in [9.17, 15) is 0 Å². The number of hydrogen-bond donors (Lipinski definition) is 1. The van der Waals surface area contributed by atoms with Gasteiger partial charge in [-0.1, -0.05) is 49.4 Å². The minimum Gasteiger partial charge on any atom is -0.369 e. The van der Waals surface area contributed by atoms with Crippen molar-refractivity contribution in [2.75, 3.05) is 11.9 Å². The van der Waals surface area contributed by atoms with Gasteiger partial charge in [0.2, 0.25) is 0 Å². The molecule has 0 spiro atoms. The third-order valence-electron chi connectivity index (χ3n) is 4.41. The molecule has 1 unspecified atom stereocenters. The lowest BCUT2D eigenvalue weighted by Crippen LogP contribution is -2.10. The fourth-order valence-electron chi connectivity index (χ4n) is 2.97. The molecule has 0 saturated heterocycles. The summed E-state index contributed by atoms with van der Waals surface area (Å²) in [5.74, 6) is 1.30. The van der Waals surface area contributed by atoms with Gasteiger partial charge in [-0.3, -0.25) is 0 Å². The molecule has 124 valence electrons. The SMILES string of the molecule is CC(CNc1cccc(-c2cnn3ccccc23)n1)c1ccccc1. The lowest BCUT2D eigenvalue weighted by Gasteiger charge is -2.14. The quantitative estimate of drug-likeness (QED) is 0.581. The second-order valence-electron chi connectivity index (χ2n) is 6.19. The van der Waals surface area contributed by atoms with Gasteiger partial charge in [0.05, 0.1) is 17.4 Å². The predicted molar refractivity (Wildman–Crippen MR) is 102 cm³/mol. The zero-order valence-electron chi connectivity index (χ0n) is 14.1. The lowest BCUT2D eigenvalue weighted by atomic mass is 10.0. The summed E-state index contributed by atoms with van der Waals surface area (Å²) in [6.45, 7) is 3.06. The maximum absolute atomic E-state index is 4.77. The molecular formula is C21H20N4. The summed E-state index contributed by atoms with van der Waals surface area (Å²) in [4.78, 5) is 4.77. The molecule has 3 aromatic heterocycles. The van der Waals surface area contributed by atoms with Gasteiger partial charge in [0.15, 0.2) is 0 Å². The van der Waals surface area contributed by atoms with Crippen LogP contribution in [0, 0.1) is 0 Å². The normalized spacial score (nSPS) is 12.2. The van der Waals surface area contributed by atoms with Gasteiger partial charge in [0, 0.05) is 18.3 Å². The molecular weight excluding hydrogens is 308 g/mol. The van der Waals surface area contributed by atoms with Gasteiger partial charge in [-0.25, -0.2) is 9.50 Å². The Bertz CT molecular complexity index is 975. The maximum atomic E-state index is 4.77. The van der Waals surface area contributed by atoms with E-state index in [2.05, 4.69) is 47.7 Å². The van der Waals surface area contributed by atoms with E-state index in [1.54, 1.807) is 0 Å². The van der Waals surface area contributed by atoms with E-state index in [0.29, 0.717) is 5.92 Å². The number of nitrogens with zero attached hydrogens (tertiary/aromatic N) is 3. The van der Waals surface area contributed by atoms with Gasteiger partial charge in [0.25, 0.3) is 0 Å². The Labute approximate surface area is 147 Å². The minimum atomic E-state index is 0.420. The van der Waals surface area contributed by atoms with Crippen molar-refractivity contribution in [2.45, 2.75) is 12.8 Å². The number of anilines is 1. The molecule has 0 aliphatic heterocycles. The molecule has 0 fully saturated rings. The summed E-state index contributed by atoms with van der Waals surface area (Å²) in [7, 11) is 0. The highest BCUT2D eigenvalue weighted by Gasteiger charge is 2.09. The molecule has 0 amide bonds. The van der Waals surface area contributed by atoms with Crippen LogP contribution in [0.4, 0.5) is 5.82 Å². The van der Waals surface area contributed by atoms with Crippen LogP contribution in [0.5, 0.6) is 0 Å². The molecule has 4 rings (SSSR count). The third kappa shape index (κ3) is 3.24. The Hall–Kier alpha value is -3.14. The first-order valence-electron chi connectivity index (χ1n) is 8.50. The minimum absolute atomic E-state index is 0.420. The van der Waals surface area contributed by atoms with Crippen molar-refractivity contribution in [2.24, 2.45) is 0 Å². The predicted octanol–water partition coefficient (Wildman–Crippen LogP) is 4.61. The first-order chi connectivity index (χ1) is 12.3. The molecule has 4 aromatic rings. The second kappa shape index (κ2) is 6.77. The standard InChI is InChI=1S/C21H20N4/c1-16(17-8-3-2-4-9-17)14-22-21-12-7-10-19(24-21)18-15-23-25-13-6-5-11-20(18)25/h2-13,15-16H,14H2,1H3,(H,22,24). The molecule has 0 radical (unpaired) electrons. The van der Waals surface area contributed by atoms with Crippen LogP contribution in [0.1, 0.15) is 18.4 Å². The number of aromatic nitrogens is 3. The van der Waals surface area contributed by atoms with Crippen LogP contribution in [0.2, 0.25) is 0 Å². The molecule has 25 heavy (non-hydrogen) atoms. The molecule has 0 saturated carbocycles. The summed E-state index contributed by atoms with van der Waals surface area (Å²) in [5.41, 5.74) is 4.36. The highest BCUT2D eigenvalue weighted by molar-refractivity contribution is 5.78. The number of fused-ring (bicyclic) bond motifs is 1. The molecule has 0 aliphatic rings. The van der Waals surface area contributed by atoms with Crippen LogP contribution in [-0.2, 0) is 0 Å². The Morgan fingerprint density at radius 3 is 2.68 bits per heavy atom. The number of benzene rings is 1. The van der Waals surface area contributed by atoms with Gasteiger partial charge in [-0.2, -0.15) is 5.10 Å². The summed E-state index contributed by atoms with van der Waals surface area (Å²) in [5, 5.41) is 7.85. The van der Waals surface area contributed by atoms with Gasteiger partial charge in [-0.15, -0.1) is 0 Å². The molecule has 3 heterocycles. The van der Waals surface area contributed by atoms with Gasteiger partial charge in [-0.05, 0) is 35.7 Å². The van der Waals surface area contributed by atoms with Crippen molar-refractivity contribution < 1.29 is 0 Å². The van der Waals surface area contributed by atoms with E-state index in [0.717, 1.165) is 29.1 Å². The summed E-state index contributed by atoms with van der Waals surface area (Å²) in [6.07, 6.45) is 3.82. The summed E-state index contributed by atoms with van der Waals surface area (Å²) >= 11 is 0. The lowest BCUT2D eigenvalue weighted by molar-refractivity contribution is 0.802. The number of pyridine rings is 2. The molecule has 4 nitrogen and oxygen atoms in total. The van der Waals surface area contributed by atoms with Crippen molar-refractivity contribution in [3.63, 3.8) is 0 Å². The number of hydrogen-bond acceptors (Lipinski definition) is 3. The maximum Gasteiger partial charge on any atom is 0.126 e. The molecule has 1 aromatic carbocycles. The van der Waals surface area contributed by atoms with Crippen LogP contribution >= 0.6 is 0 Å². The van der Waals surface area contributed by atoms with Gasteiger partial charge >= 0.3 is 0 Å². The van der Waals surface area contributed by atoms with E-state index >= 15 is 0 Å². The first kappa shape index (κ1) is 15.4. The Morgan fingerprint density at radius 2 is 1.80 bits per heavy atom. The summed E-state index contributed by atoms with van der Waals surface area (Å²) < 4.78 is 1.87. The van der Waals surface area contributed by atoms with E-state index in [1.807, 2.05) is 53.3 Å². The highest BCUT2D eigenvalue weighted by atomic mass is 15.2. The Balaban J connectivity index is 1.54. The topological polar surface area (TPSA) is 42.2 Å².